The van der Waals surface area contributed by atoms with Crippen molar-refractivity contribution in [2.24, 2.45) is 0 Å². The minimum atomic E-state index is -3.89. The van der Waals surface area contributed by atoms with Crippen LogP contribution in [0.15, 0.2) is 90.1 Å². The van der Waals surface area contributed by atoms with Crippen molar-refractivity contribution in [3.8, 4) is 0 Å². The highest BCUT2D eigenvalue weighted by Gasteiger charge is 2.40. The van der Waals surface area contributed by atoms with Gasteiger partial charge >= 0.3 is 5.97 Å². The number of piperidine rings is 1. The van der Waals surface area contributed by atoms with Gasteiger partial charge in [-0.1, -0.05) is 54.6 Å². The first-order chi connectivity index (χ1) is 17.4. The fourth-order valence-corrected chi connectivity index (χ4v) is 5.86. The standard InChI is InChI=1S/C27H29N3O5S/c31-26(29-20-22-12-9-16-28-19-22)25(18-21-10-3-1-4-11-21)35-27(32)24-15-7-8-17-30(24)36(33,34)23-13-5-2-6-14-23/h1-6,9-14,16,19,24-25H,7-8,15,17-18,20H2,(H,29,31)/t24-,25+/m1/s1. The van der Waals surface area contributed by atoms with E-state index in [1.807, 2.05) is 36.4 Å². The second-order valence-corrected chi connectivity index (χ2v) is 10.5. The van der Waals surface area contributed by atoms with Crippen molar-refractivity contribution >= 4 is 21.9 Å². The van der Waals surface area contributed by atoms with Crippen LogP contribution in [0.5, 0.6) is 0 Å². The van der Waals surface area contributed by atoms with Gasteiger partial charge in [-0.25, -0.2) is 8.42 Å². The molecule has 2 heterocycles. The van der Waals surface area contributed by atoms with Gasteiger partial charge in [-0.05, 0) is 48.6 Å². The highest BCUT2D eigenvalue weighted by Crippen LogP contribution is 2.26. The lowest BCUT2D eigenvalue weighted by atomic mass is 10.0. The molecule has 1 amide bonds. The van der Waals surface area contributed by atoms with Crippen LogP contribution in [0, 0.1) is 0 Å². The Bertz CT molecular complexity index is 1250. The summed E-state index contributed by atoms with van der Waals surface area (Å²) in [5, 5.41) is 2.81. The van der Waals surface area contributed by atoms with E-state index in [2.05, 4.69) is 10.3 Å². The number of hydrogen-bond acceptors (Lipinski definition) is 6. The zero-order valence-electron chi connectivity index (χ0n) is 19.8. The average Bonchev–Trinajstić information content (AvgIpc) is 2.93. The number of nitrogens with one attached hydrogen (secondary N) is 1. The fourth-order valence-electron chi connectivity index (χ4n) is 4.20. The number of sulfonamides is 1. The molecule has 0 saturated carbocycles. The Labute approximate surface area is 211 Å². The van der Waals surface area contributed by atoms with E-state index in [1.54, 1.807) is 36.7 Å². The SMILES string of the molecule is O=C(NCc1cccnc1)[C@H](Cc1ccccc1)OC(=O)[C@H]1CCCCN1S(=O)(=O)c1ccccc1. The summed E-state index contributed by atoms with van der Waals surface area (Å²) in [6, 6.07) is 19.9. The van der Waals surface area contributed by atoms with Crippen LogP contribution in [0.2, 0.25) is 0 Å². The predicted molar refractivity (Wildman–Crippen MR) is 134 cm³/mol. The first kappa shape index (κ1) is 25.5. The number of pyridine rings is 1. The van der Waals surface area contributed by atoms with Gasteiger partial charge in [0.1, 0.15) is 6.04 Å². The van der Waals surface area contributed by atoms with E-state index < -0.39 is 34.0 Å². The number of rotatable bonds is 9. The molecule has 1 saturated heterocycles. The Hall–Kier alpha value is -3.56. The molecule has 4 rings (SSSR count). The maximum atomic E-state index is 13.3. The molecule has 0 spiro atoms. The van der Waals surface area contributed by atoms with E-state index in [0.29, 0.717) is 19.3 Å². The van der Waals surface area contributed by atoms with Gasteiger partial charge in [0.2, 0.25) is 10.0 Å². The summed E-state index contributed by atoms with van der Waals surface area (Å²) in [7, 11) is -3.89. The summed E-state index contributed by atoms with van der Waals surface area (Å²) >= 11 is 0. The molecule has 8 nitrogen and oxygen atoms in total. The van der Waals surface area contributed by atoms with Crippen LogP contribution >= 0.6 is 0 Å². The summed E-state index contributed by atoms with van der Waals surface area (Å²) < 4.78 is 33.6. The number of hydrogen-bond donors (Lipinski definition) is 1. The molecule has 2 atom stereocenters. The maximum Gasteiger partial charge on any atom is 0.325 e. The van der Waals surface area contributed by atoms with Crippen molar-refractivity contribution in [2.75, 3.05) is 6.54 Å². The largest absolute Gasteiger partial charge is 0.451 e. The Kier molecular flexibility index (Phi) is 8.45. The molecule has 2 aromatic carbocycles. The number of nitrogens with zero attached hydrogens (tertiary/aromatic N) is 2. The smallest absolute Gasteiger partial charge is 0.325 e. The minimum absolute atomic E-state index is 0.125. The molecule has 1 aliphatic heterocycles. The van der Waals surface area contributed by atoms with E-state index in [4.69, 9.17) is 4.74 Å². The molecule has 36 heavy (non-hydrogen) atoms. The van der Waals surface area contributed by atoms with Gasteiger partial charge < -0.3 is 10.1 Å². The van der Waals surface area contributed by atoms with E-state index in [1.165, 1.54) is 16.4 Å². The number of amides is 1. The molecule has 0 unspecified atom stereocenters. The summed E-state index contributed by atoms with van der Waals surface area (Å²) in [5.74, 6) is -1.17. The lowest BCUT2D eigenvalue weighted by Crippen LogP contribution is -2.50. The zero-order valence-corrected chi connectivity index (χ0v) is 20.6. The lowest BCUT2D eigenvalue weighted by Gasteiger charge is -2.33. The van der Waals surface area contributed by atoms with Crippen LogP contribution in [-0.2, 0) is 37.3 Å². The number of aromatic nitrogens is 1. The first-order valence-corrected chi connectivity index (χ1v) is 13.4. The van der Waals surface area contributed by atoms with Crippen LogP contribution < -0.4 is 5.32 Å². The molecule has 1 aromatic heterocycles. The molecule has 0 aliphatic carbocycles. The average molecular weight is 508 g/mol. The van der Waals surface area contributed by atoms with E-state index in [0.717, 1.165) is 11.1 Å². The molecule has 188 valence electrons. The van der Waals surface area contributed by atoms with Gasteiger partial charge in [-0.3, -0.25) is 14.6 Å². The topological polar surface area (TPSA) is 106 Å². The van der Waals surface area contributed by atoms with Crippen LogP contribution in [0.3, 0.4) is 0 Å². The second kappa shape index (κ2) is 11.9. The Balaban J connectivity index is 1.52. The number of carbonyl (C=O) groups is 2. The van der Waals surface area contributed by atoms with Crippen LogP contribution in [-0.4, -0.2) is 48.3 Å². The third-order valence-corrected chi connectivity index (χ3v) is 8.00. The fraction of sp³-hybridized carbons (Fsp3) is 0.296. The monoisotopic (exact) mass is 507 g/mol. The molecule has 1 N–H and O–H groups in total. The Morgan fingerprint density at radius 1 is 0.972 bits per heavy atom. The van der Waals surface area contributed by atoms with Gasteiger partial charge in [0.25, 0.3) is 5.91 Å². The van der Waals surface area contributed by atoms with Crippen molar-refractivity contribution < 1.29 is 22.7 Å². The highest BCUT2D eigenvalue weighted by atomic mass is 32.2. The molecule has 3 aromatic rings. The molecular weight excluding hydrogens is 478 g/mol. The summed E-state index contributed by atoms with van der Waals surface area (Å²) in [6.45, 7) is 0.445. The van der Waals surface area contributed by atoms with Gasteiger partial charge in [0, 0.05) is 31.9 Å². The Morgan fingerprint density at radius 2 is 1.67 bits per heavy atom. The van der Waals surface area contributed by atoms with E-state index in [-0.39, 0.29) is 24.4 Å². The second-order valence-electron chi connectivity index (χ2n) is 8.63. The quantitative estimate of drug-likeness (QED) is 0.446. The summed E-state index contributed by atoms with van der Waals surface area (Å²) in [4.78, 5) is 30.6. The van der Waals surface area contributed by atoms with Crippen molar-refractivity contribution in [3.63, 3.8) is 0 Å². The normalized spacial score (nSPS) is 17.2. The maximum absolute atomic E-state index is 13.3. The molecule has 1 aliphatic rings. The van der Waals surface area contributed by atoms with Crippen LogP contribution in [0.1, 0.15) is 30.4 Å². The van der Waals surface area contributed by atoms with Crippen molar-refractivity contribution in [2.45, 2.75) is 49.3 Å². The van der Waals surface area contributed by atoms with Gasteiger partial charge in [-0.2, -0.15) is 4.31 Å². The Morgan fingerprint density at radius 3 is 2.36 bits per heavy atom. The number of carbonyl (C=O) groups excluding carboxylic acids is 2. The number of esters is 1. The van der Waals surface area contributed by atoms with Crippen LogP contribution in [0.4, 0.5) is 0 Å². The third-order valence-electron chi connectivity index (χ3n) is 6.08. The van der Waals surface area contributed by atoms with Crippen molar-refractivity contribution in [3.05, 3.63) is 96.3 Å². The van der Waals surface area contributed by atoms with E-state index in [9.17, 15) is 18.0 Å². The van der Waals surface area contributed by atoms with Crippen molar-refractivity contribution in [1.82, 2.24) is 14.6 Å². The first-order valence-electron chi connectivity index (χ1n) is 11.9. The molecular formula is C27H29N3O5S. The summed E-state index contributed by atoms with van der Waals surface area (Å²) in [5.41, 5.74) is 1.63. The van der Waals surface area contributed by atoms with Crippen molar-refractivity contribution in [1.29, 1.82) is 0 Å². The molecule has 0 radical (unpaired) electrons. The number of ether oxygens (including phenoxy) is 1. The van der Waals surface area contributed by atoms with Gasteiger partial charge in [-0.15, -0.1) is 0 Å². The lowest BCUT2D eigenvalue weighted by molar-refractivity contribution is -0.160. The molecule has 0 bridgehead atoms. The molecule has 1 fully saturated rings. The predicted octanol–water partition coefficient (Wildman–Crippen LogP) is 3.10. The van der Waals surface area contributed by atoms with Gasteiger partial charge in [0.15, 0.2) is 6.10 Å². The molecule has 9 heteroatoms. The van der Waals surface area contributed by atoms with Crippen LogP contribution in [0.25, 0.3) is 0 Å². The highest BCUT2D eigenvalue weighted by molar-refractivity contribution is 7.89. The third kappa shape index (κ3) is 6.35. The van der Waals surface area contributed by atoms with Gasteiger partial charge in [0.05, 0.1) is 4.90 Å². The summed E-state index contributed by atoms with van der Waals surface area (Å²) in [6.07, 6.45) is 4.02. The minimum Gasteiger partial charge on any atom is -0.451 e. The van der Waals surface area contributed by atoms with E-state index >= 15 is 0 Å². The zero-order chi connectivity index (χ0) is 25.4. The number of benzene rings is 2.